The minimum absolute atomic E-state index is 0.247. The van der Waals surface area contributed by atoms with E-state index in [1.807, 2.05) is 12.3 Å². The zero-order valence-corrected chi connectivity index (χ0v) is 14.0. The number of benzene rings is 1. The van der Waals surface area contributed by atoms with Crippen LogP contribution in [-0.2, 0) is 12.4 Å². The molecule has 0 radical (unpaired) electrons. The predicted octanol–water partition coefficient (Wildman–Crippen LogP) is 3.75. The average molecular weight is 325 g/mol. The van der Waals surface area contributed by atoms with E-state index in [4.69, 9.17) is 11.6 Å². The van der Waals surface area contributed by atoms with Crippen molar-refractivity contribution in [2.24, 2.45) is 0 Å². The Morgan fingerprint density at radius 2 is 2.24 bits per heavy atom. The molecule has 0 saturated carbocycles. The lowest BCUT2D eigenvalue weighted by molar-refractivity contribution is 0.163. The Morgan fingerprint density at radius 1 is 1.43 bits per heavy atom. The Labute approximate surface area is 135 Å². The maximum Gasteiger partial charge on any atom is 0.123 e. The van der Waals surface area contributed by atoms with Crippen LogP contribution in [0.2, 0.25) is 0 Å². The third kappa shape index (κ3) is 5.08. The van der Waals surface area contributed by atoms with E-state index < -0.39 is 0 Å². The molecule has 0 amide bonds. The number of aliphatic hydroxyl groups is 1. The summed E-state index contributed by atoms with van der Waals surface area (Å²) in [6.45, 7) is 3.58. The highest BCUT2D eigenvalue weighted by Gasteiger charge is 2.07. The fourth-order valence-electron chi connectivity index (χ4n) is 2.10. The summed E-state index contributed by atoms with van der Waals surface area (Å²) in [4.78, 5) is 6.74. The molecular formula is C16H21ClN2OS. The lowest BCUT2D eigenvalue weighted by Crippen LogP contribution is -2.22. The fourth-order valence-corrected chi connectivity index (χ4v) is 3.15. The molecule has 0 aliphatic carbocycles. The van der Waals surface area contributed by atoms with E-state index in [1.54, 1.807) is 11.3 Å². The quantitative estimate of drug-likeness (QED) is 0.788. The van der Waals surface area contributed by atoms with Crippen LogP contribution in [0.15, 0.2) is 29.6 Å². The van der Waals surface area contributed by atoms with Crippen LogP contribution in [0.5, 0.6) is 0 Å². The van der Waals surface area contributed by atoms with Crippen molar-refractivity contribution in [1.29, 1.82) is 0 Å². The first kappa shape index (κ1) is 16.4. The molecule has 0 aliphatic rings. The molecule has 2 aromatic rings. The zero-order chi connectivity index (χ0) is 15.2. The highest BCUT2D eigenvalue weighted by Crippen LogP contribution is 2.25. The molecular weight excluding hydrogens is 304 g/mol. The number of halogens is 1. The summed E-state index contributed by atoms with van der Waals surface area (Å²) in [6, 6.07) is 8.44. The molecule has 5 heteroatoms. The summed E-state index contributed by atoms with van der Waals surface area (Å²) < 4.78 is 0. The van der Waals surface area contributed by atoms with E-state index in [0.29, 0.717) is 5.88 Å². The maximum absolute atomic E-state index is 9.34. The largest absolute Gasteiger partial charge is 0.393 e. The van der Waals surface area contributed by atoms with Gasteiger partial charge in [-0.05, 0) is 32.0 Å². The molecule has 1 atom stereocenters. The van der Waals surface area contributed by atoms with E-state index in [2.05, 4.69) is 41.2 Å². The van der Waals surface area contributed by atoms with Crippen molar-refractivity contribution >= 4 is 22.9 Å². The van der Waals surface area contributed by atoms with E-state index >= 15 is 0 Å². The van der Waals surface area contributed by atoms with Crippen LogP contribution < -0.4 is 0 Å². The number of hydrogen-bond acceptors (Lipinski definition) is 4. The number of aromatic nitrogens is 1. The fraction of sp³-hybridized carbons (Fsp3) is 0.438. The van der Waals surface area contributed by atoms with Gasteiger partial charge >= 0.3 is 0 Å². The molecule has 1 aromatic carbocycles. The molecule has 1 unspecified atom stereocenters. The van der Waals surface area contributed by atoms with Crippen molar-refractivity contribution in [1.82, 2.24) is 9.88 Å². The van der Waals surface area contributed by atoms with Crippen molar-refractivity contribution in [2.75, 3.05) is 13.6 Å². The van der Waals surface area contributed by atoms with Gasteiger partial charge in [-0.3, -0.25) is 0 Å². The van der Waals surface area contributed by atoms with Gasteiger partial charge in [-0.2, -0.15) is 0 Å². The molecule has 1 aromatic heterocycles. The highest BCUT2D eigenvalue weighted by atomic mass is 35.5. The predicted molar refractivity (Wildman–Crippen MR) is 89.7 cm³/mol. The van der Waals surface area contributed by atoms with E-state index in [9.17, 15) is 5.11 Å². The first-order valence-corrected chi connectivity index (χ1v) is 8.46. The van der Waals surface area contributed by atoms with Crippen LogP contribution in [0.4, 0.5) is 0 Å². The third-order valence-electron chi connectivity index (χ3n) is 3.24. The summed E-state index contributed by atoms with van der Waals surface area (Å²) in [7, 11) is 2.07. The number of thiazole rings is 1. The van der Waals surface area contributed by atoms with Gasteiger partial charge in [0.1, 0.15) is 5.01 Å². The summed E-state index contributed by atoms with van der Waals surface area (Å²) in [5.41, 5.74) is 3.32. The number of aliphatic hydroxyl groups excluding tert-OH is 1. The van der Waals surface area contributed by atoms with E-state index in [0.717, 1.165) is 35.8 Å². The van der Waals surface area contributed by atoms with Gasteiger partial charge in [0, 0.05) is 24.0 Å². The van der Waals surface area contributed by atoms with Crippen LogP contribution >= 0.6 is 22.9 Å². The van der Waals surface area contributed by atoms with Crippen LogP contribution in [0.25, 0.3) is 10.6 Å². The van der Waals surface area contributed by atoms with Gasteiger partial charge in [0.25, 0.3) is 0 Å². The molecule has 3 nitrogen and oxygen atoms in total. The summed E-state index contributed by atoms with van der Waals surface area (Å²) in [5.74, 6) is 0.457. The topological polar surface area (TPSA) is 36.4 Å². The summed E-state index contributed by atoms with van der Waals surface area (Å²) in [6.07, 6.45) is 0.546. The molecule has 1 heterocycles. The monoisotopic (exact) mass is 324 g/mol. The van der Waals surface area contributed by atoms with Gasteiger partial charge in [0.15, 0.2) is 0 Å². The number of alkyl halides is 1. The Hall–Kier alpha value is -0.940. The Balaban J connectivity index is 2.03. The van der Waals surface area contributed by atoms with E-state index in [-0.39, 0.29) is 6.10 Å². The standard InChI is InChI=1S/C16H21ClN2OS/c1-12(20)6-7-19(2)10-13-4-3-5-14(8-13)16-18-15(9-17)11-21-16/h3-5,8,11-12,20H,6-7,9-10H2,1-2H3. The van der Waals surface area contributed by atoms with Crippen molar-refractivity contribution < 1.29 is 5.11 Å². The first-order valence-electron chi connectivity index (χ1n) is 7.04. The van der Waals surface area contributed by atoms with Crippen molar-refractivity contribution in [3.8, 4) is 10.6 Å². The highest BCUT2D eigenvalue weighted by molar-refractivity contribution is 7.13. The van der Waals surface area contributed by atoms with Crippen molar-refractivity contribution in [3.63, 3.8) is 0 Å². The van der Waals surface area contributed by atoms with Gasteiger partial charge in [-0.1, -0.05) is 18.2 Å². The molecule has 2 rings (SSSR count). The summed E-state index contributed by atoms with van der Waals surface area (Å²) >= 11 is 7.43. The SMILES string of the molecule is CC(O)CCN(C)Cc1cccc(-c2nc(CCl)cs2)c1. The number of rotatable bonds is 7. The molecule has 0 bridgehead atoms. The first-order chi connectivity index (χ1) is 10.1. The Bertz CT molecular complexity index is 571. The van der Waals surface area contributed by atoms with Crippen LogP contribution in [0, 0.1) is 0 Å². The second-order valence-electron chi connectivity index (χ2n) is 5.35. The molecule has 1 N–H and O–H groups in total. The molecule has 0 spiro atoms. The van der Waals surface area contributed by atoms with Crippen molar-refractivity contribution in [3.05, 3.63) is 40.9 Å². The molecule has 0 saturated heterocycles. The minimum Gasteiger partial charge on any atom is -0.393 e. The molecule has 21 heavy (non-hydrogen) atoms. The Kier molecular flexibility index (Phi) is 6.18. The second kappa shape index (κ2) is 7.90. The van der Waals surface area contributed by atoms with Crippen LogP contribution in [-0.4, -0.2) is 34.7 Å². The minimum atomic E-state index is -0.247. The van der Waals surface area contributed by atoms with Crippen LogP contribution in [0.3, 0.4) is 0 Å². The van der Waals surface area contributed by atoms with Gasteiger partial charge < -0.3 is 10.0 Å². The van der Waals surface area contributed by atoms with Crippen molar-refractivity contribution in [2.45, 2.75) is 31.9 Å². The molecule has 114 valence electrons. The lowest BCUT2D eigenvalue weighted by Gasteiger charge is -2.17. The van der Waals surface area contributed by atoms with E-state index in [1.165, 1.54) is 5.56 Å². The lowest BCUT2D eigenvalue weighted by atomic mass is 10.1. The second-order valence-corrected chi connectivity index (χ2v) is 6.48. The third-order valence-corrected chi connectivity index (χ3v) is 4.46. The average Bonchev–Trinajstić information content (AvgIpc) is 2.94. The maximum atomic E-state index is 9.34. The van der Waals surface area contributed by atoms with Gasteiger partial charge in [-0.25, -0.2) is 4.98 Å². The molecule has 0 fully saturated rings. The zero-order valence-electron chi connectivity index (χ0n) is 12.4. The van der Waals surface area contributed by atoms with Gasteiger partial charge in [0.05, 0.1) is 17.7 Å². The number of hydrogen-bond donors (Lipinski definition) is 1. The molecule has 0 aliphatic heterocycles. The van der Waals surface area contributed by atoms with Gasteiger partial charge in [-0.15, -0.1) is 22.9 Å². The smallest absolute Gasteiger partial charge is 0.123 e. The summed E-state index contributed by atoms with van der Waals surface area (Å²) in [5, 5.41) is 12.4. The van der Waals surface area contributed by atoms with Gasteiger partial charge in [0.2, 0.25) is 0 Å². The number of nitrogens with zero attached hydrogens (tertiary/aromatic N) is 2. The Morgan fingerprint density at radius 3 is 2.90 bits per heavy atom. The van der Waals surface area contributed by atoms with Crippen LogP contribution in [0.1, 0.15) is 24.6 Å². The normalized spacial score (nSPS) is 12.8.